The van der Waals surface area contributed by atoms with Crippen LogP contribution in [0.25, 0.3) is 0 Å². The Balaban J connectivity index is 2.65. The molecule has 0 fully saturated rings. The van der Waals surface area contributed by atoms with Crippen LogP contribution < -0.4 is 10.6 Å². The van der Waals surface area contributed by atoms with E-state index in [2.05, 4.69) is 21.6 Å². The van der Waals surface area contributed by atoms with Crippen molar-refractivity contribution in [3.8, 4) is 6.07 Å². The SMILES string of the molecule is CCNC(=O)c1ccc(NC(=O)N(CCC#N)CCCN(C)C)cc1. The first-order valence-electron chi connectivity index (χ1n) is 8.43. The molecular formula is C18H27N5O2. The molecule has 0 radical (unpaired) electrons. The smallest absolute Gasteiger partial charge is 0.321 e. The molecule has 0 aromatic heterocycles. The maximum atomic E-state index is 12.4. The summed E-state index contributed by atoms with van der Waals surface area (Å²) in [5.74, 6) is -0.139. The highest BCUT2D eigenvalue weighted by Gasteiger charge is 2.13. The first kappa shape index (κ1) is 20.5. The molecule has 1 aromatic carbocycles. The molecule has 0 saturated heterocycles. The molecule has 0 unspecified atom stereocenters. The van der Waals surface area contributed by atoms with Gasteiger partial charge in [-0.3, -0.25) is 4.79 Å². The van der Waals surface area contributed by atoms with Gasteiger partial charge in [-0.15, -0.1) is 0 Å². The Kier molecular flexibility index (Phi) is 9.04. The Labute approximate surface area is 149 Å². The first-order chi connectivity index (χ1) is 12.0. The molecule has 3 amide bonds. The van der Waals surface area contributed by atoms with Crippen LogP contribution in [0.2, 0.25) is 0 Å². The number of benzene rings is 1. The maximum Gasteiger partial charge on any atom is 0.321 e. The standard InChI is InChI=1S/C18H27N5O2/c1-4-20-17(24)15-7-9-16(10-8-15)21-18(25)23(13-5-11-19)14-6-12-22(2)3/h7-10H,4-6,12-14H2,1-3H3,(H,20,24)(H,21,25). The number of carbonyl (C=O) groups is 2. The minimum atomic E-state index is -0.236. The van der Waals surface area contributed by atoms with E-state index in [1.807, 2.05) is 21.0 Å². The van der Waals surface area contributed by atoms with Crippen molar-refractivity contribution >= 4 is 17.6 Å². The molecule has 0 aliphatic rings. The summed E-state index contributed by atoms with van der Waals surface area (Å²) in [6.45, 7) is 4.28. The molecule has 0 bridgehead atoms. The van der Waals surface area contributed by atoms with E-state index < -0.39 is 0 Å². The van der Waals surface area contributed by atoms with Crippen LogP contribution in [0.4, 0.5) is 10.5 Å². The van der Waals surface area contributed by atoms with Gasteiger partial charge in [0.15, 0.2) is 0 Å². The molecule has 0 atom stereocenters. The van der Waals surface area contributed by atoms with Crippen molar-refractivity contribution in [2.45, 2.75) is 19.8 Å². The quantitative estimate of drug-likeness (QED) is 0.718. The lowest BCUT2D eigenvalue weighted by molar-refractivity contribution is 0.0956. The highest BCUT2D eigenvalue weighted by molar-refractivity contribution is 5.95. The summed E-state index contributed by atoms with van der Waals surface area (Å²) in [4.78, 5) is 27.9. The van der Waals surface area contributed by atoms with Crippen molar-refractivity contribution in [2.75, 3.05) is 45.6 Å². The van der Waals surface area contributed by atoms with E-state index in [-0.39, 0.29) is 11.9 Å². The summed E-state index contributed by atoms with van der Waals surface area (Å²) in [6, 6.07) is 8.58. The minimum Gasteiger partial charge on any atom is -0.352 e. The molecule has 25 heavy (non-hydrogen) atoms. The second-order valence-electron chi connectivity index (χ2n) is 5.92. The zero-order valence-corrected chi connectivity index (χ0v) is 15.2. The predicted molar refractivity (Wildman–Crippen MR) is 98.4 cm³/mol. The van der Waals surface area contributed by atoms with Crippen molar-refractivity contribution in [3.63, 3.8) is 0 Å². The lowest BCUT2D eigenvalue weighted by Gasteiger charge is -2.23. The molecule has 0 aliphatic heterocycles. The fourth-order valence-electron chi connectivity index (χ4n) is 2.25. The van der Waals surface area contributed by atoms with Crippen molar-refractivity contribution in [1.29, 1.82) is 5.26 Å². The fraction of sp³-hybridized carbons (Fsp3) is 0.500. The van der Waals surface area contributed by atoms with Gasteiger partial charge in [0.2, 0.25) is 0 Å². The van der Waals surface area contributed by atoms with Crippen LogP contribution in [-0.4, -0.2) is 62.0 Å². The highest BCUT2D eigenvalue weighted by atomic mass is 16.2. The van der Waals surface area contributed by atoms with Crippen molar-refractivity contribution in [3.05, 3.63) is 29.8 Å². The van der Waals surface area contributed by atoms with Gasteiger partial charge < -0.3 is 20.4 Å². The Morgan fingerprint density at radius 2 is 1.80 bits per heavy atom. The fourth-order valence-corrected chi connectivity index (χ4v) is 2.25. The number of carbonyl (C=O) groups excluding carboxylic acids is 2. The van der Waals surface area contributed by atoms with Gasteiger partial charge in [0.05, 0.1) is 12.5 Å². The van der Waals surface area contributed by atoms with Gasteiger partial charge in [-0.2, -0.15) is 5.26 Å². The van der Waals surface area contributed by atoms with Gasteiger partial charge in [0.25, 0.3) is 5.91 Å². The summed E-state index contributed by atoms with van der Waals surface area (Å²) < 4.78 is 0. The molecule has 0 spiro atoms. The van der Waals surface area contributed by atoms with Crippen molar-refractivity contribution in [2.24, 2.45) is 0 Å². The number of nitrogens with one attached hydrogen (secondary N) is 2. The Morgan fingerprint density at radius 3 is 2.36 bits per heavy atom. The molecule has 0 saturated carbocycles. The number of hydrogen-bond donors (Lipinski definition) is 2. The van der Waals surface area contributed by atoms with Crippen LogP contribution in [-0.2, 0) is 0 Å². The van der Waals surface area contributed by atoms with Crippen LogP contribution in [0.1, 0.15) is 30.1 Å². The lowest BCUT2D eigenvalue weighted by atomic mass is 10.2. The van der Waals surface area contributed by atoms with Gasteiger partial charge in [-0.05, 0) is 58.3 Å². The molecule has 1 aromatic rings. The molecule has 2 N–H and O–H groups in total. The third-order valence-corrected chi connectivity index (χ3v) is 3.55. The predicted octanol–water partition coefficient (Wildman–Crippen LogP) is 2.14. The van der Waals surface area contributed by atoms with E-state index >= 15 is 0 Å². The molecule has 1 rings (SSSR count). The minimum absolute atomic E-state index is 0.139. The summed E-state index contributed by atoms with van der Waals surface area (Å²) >= 11 is 0. The number of urea groups is 1. The number of nitriles is 1. The largest absolute Gasteiger partial charge is 0.352 e. The molecule has 0 aliphatic carbocycles. The van der Waals surface area contributed by atoms with Gasteiger partial charge in [-0.1, -0.05) is 0 Å². The van der Waals surface area contributed by atoms with Crippen molar-refractivity contribution in [1.82, 2.24) is 15.1 Å². The van der Waals surface area contributed by atoms with E-state index in [9.17, 15) is 9.59 Å². The summed E-state index contributed by atoms with van der Waals surface area (Å²) in [7, 11) is 3.96. The van der Waals surface area contributed by atoms with Gasteiger partial charge in [-0.25, -0.2) is 4.79 Å². The molecular weight excluding hydrogens is 318 g/mol. The number of anilines is 1. The molecule has 7 nitrogen and oxygen atoms in total. The lowest BCUT2D eigenvalue weighted by Crippen LogP contribution is -2.37. The van der Waals surface area contributed by atoms with Crippen LogP contribution in [0.15, 0.2) is 24.3 Å². The number of rotatable bonds is 9. The summed E-state index contributed by atoms with van der Waals surface area (Å²) in [5.41, 5.74) is 1.17. The van der Waals surface area contributed by atoms with E-state index in [1.54, 1.807) is 29.2 Å². The molecule has 0 heterocycles. The highest BCUT2D eigenvalue weighted by Crippen LogP contribution is 2.11. The number of amides is 3. The third kappa shape index (κ3) is 7.68. The average molecular weight is 345 g/mol. The zero-order valence-electron chi connectivity index (χ0n) is 15.2. The summed E-state index contributed by atoms with van der Waals surface area (Å²) in [6.07, 6.45) is 1.13. The van der Waals surface area contributed by atoms with Crippen LogP contribution in [0.5, 0.6) is 0 Å². The normalized spacial score (nSPS) is 10.2. The van der Waals surface area contributed by atoms with Gasteiger partial charge in [0.1, 0.15) is 0 Å². The van der Waals surface area contributed by atoms with Gasteiger partial charge in [0, 0.05) is 30.9 Å². The van der Waals surface area contributed by atoms with E-state index in [1.165, 1.54) is 0 Å². The average Bonchev–Trinajstić information content (AvgIpc) is 2.58. The van der Waals surface area contributed by atoms with Gasteiger partial charge >= 0.3 is 6.03 Å². The van der Waals surface area contributed by atoms with Crippen LogP contribution >= 0.6 is 0 Å². The van der Waals surface area contributed by atoms with Crippen LogP contribution in [0, 0.1) is 11.3 Å². The molecule has 136 valence electrons. The second-order valence-corrected chi connectivity index (χ2v) is 5.92. The second kappa shape index (κ2) is 11.0. The monoisotopic (exact) mass is 345 g/mol. The van der Waals surface area contributed by atoms with E-state index in [0.29, 0.717) is 37.3 Å². The van der Waals surface area contributed by atoms with Crippen molar-refractivity contribution < 1.29 is 9.59 Å². The zero-order chi connectivity index (χ0) is 18.7. The number of hydrogen-bond acceptors (Lipinski definition) is 4. The topological polar surface area (TPSA) is 88.5 Å². The first-order valence-corrected chi connectivity index (χ1v) is 8.43. The molecule has 7 heteroatoms. The van der Waals surface area contributed by atoms with Crippen LogP contribution in [0.3, 0.4) is 0 Å². The summed E-state index contributed by atoms with van der Waals surface area (Å²) in [5, 5.41) is 14.3. The van der Waals surface area contributed by atoms with E-state index in [0.717, 1.165) is 13.0 Å². The van der Waals surface area contributed by atoms with E-state index in [4.69, 9.17) is 5.26 Å². The third-order valence-electron chi connectivity index (χ3n) is 3.55. The number of nitrogens with zero attached hydrogens (tertiary/aromatic N) is 3. The Bertz CT molecular complexity index is 592. The Hall–Kier alpha value is -2.59. The maximum absolute atomic E-state index is 12.4. The Morgan fingerprint density at radius 1 is 1.12 bits per heavy atom.